The van der Waals surface area contributed by atoms with Crippen LogP contribution >= 0.6 is 11.3 Å². The minimum absolute atomic E-state index is 0.100. The van der Waals surface area contributed by atoms with E-state index < -0.39 is 5.54 Å². The summed E-state index contributed by atoms with van der Waals surface area (Å²) in [5.41, 5.74) is 6.22. The number of thiazole rings is 1. The number of amides is 1. The van der Waals surface area contributed by atoms with E-state index in [9.17, 15) is 4.79 Å². The van der Waals surface area contributed by atoms with Crippen LogP contribution in [0.4, 0.5) is 0 Å². The van der Waals surface area contributed by atoms with Crippen molar-refractivity contribution < 1.29 is 9.53 Å². The Kier molecular flexibility index (Phi) is 4.31. The van der Waals surface area contributed by atoms with Gasteiger partial charge in [0.1, 0.15) is 0 Å². The SMILES string of the molecule is CCc1nc(CNC(=O)C2(N)CCOCC2)cs1. The molecule has 1 fully saturated rings. The summed E-state index contributed by atoms with van der Waals surface area (Å²) in [6.45, 7) is 3.63. The van der Waals surface area contributed by atoms with Crippen molar-refractivity contribution in [2.75, 3.05) is 13.2 Å². The number of hydrogen-bond acceptors (Lipinski definition) is 5. The third-order valence-corrected chi connectivity index (χ3v) is 4.21. The number of aromatic nitrogens is 1. The Hall–Kier alpha value is -0.980. The van der Waals surface area contributed by atoms with E-state index in [1.165, 1.54) is 0 Å². The lowest BCUT2D eigenvalue weighted by Crippen LogP contribution is -2.56. The van der Waals surface area contributed by atoms with E-state index in [1.807, 2.05) is 5.38 Å². The van der Waals surface area contributed by atoms with Gasteiger partial charge in [-0.1, -0.05) is 6.92 Å². The molecule has 1 aliphatic rings. The molecule has 2 rings (SSSR count). The van der Waals surface area contributed by atoms with Gasteiger partial charge in [-0.3, -0.25) is 4.79 Å². The first-order chi connectivity index (χ1) is 8.64. The summed E-state index contributed by atoms with van der Waals surface area (Å²) in [6.07, 6.45) is 2.09. The van der Waals surface area contributed by atoms with Crippen molar-refractivity contribution in [3.8, 4) is 0 Å². The first-order valence-electron chi connectivity index (χ1n) is 6.22. The van der Waals surface area contributed by atoms with E-state index >= 15 is 0 Å². The highest BCUT2D eigenvalue weighted by Gasteiger charge is 2.35. The molecule has 0 unspecified atom stereocenters. The molecule has 0 radical (unpaired) electrons. The van der Waals surface area contributed by atoms with Crippen molar-refractivity contribution in [3.63, 3.8) is 0 Å². The van der Waals surface area contributed by atoms with Gasteiger partial charge in [0.25, 0.3) is 0 Å². The minimum Gasteiger partial charge on any atom is -0.381 e. The van der Waals surface area contributed by atoms with Crippen molar-refractivity contribution in [3.05, 3.63) is 16.1 Å². The van der Waals surface area contributed by atoms with Crippen LogP contribution in [-0.2, 0) is 22.5 Å². The number of nitrogens with one attached hydrogen (secondary N) is 1. The zero-order valence-electron chi connectivity index (χ0n) is 10.6. The lowest BCUT2D eigenvalue weighted by molar-refractivity contribution is -0.129. The van der Waals surface area contributed by atoms with E-state index in [-0.39, 0.29) is 5.91 Å². The number of carbonyl (C=O) groups excluding carboxylic acids is 1. The van der Waals surface area contributed by atoms with Gasteiger partial charge in [0, 0.05) is 18.6 Å². The molecule has 0 atom stereocenters. The largest absolute Gasteiger partial charge is 0.381 e. The molecule has 0 aromatic carbocycles. The average Bonchev–Trinajstić information content (AvgIpc) is 2.84. The lowest BCUT2D eigenvalue weighted by Gasteiger charge is -2.31. The molecule has 0 spiro atoms. The Morgan fingerprint density at radius 2 is 2.33 bits per heavy atom. The fourth-order valence-corrected chi connectivity index (χ4v) is 2.65. The van der Waals surface area contributed by atoms with Crippen molar-refractivity contribution in [2.24, 2.45) is 5.73 Å². The highest BCUT2D eigenvalue weighted by molar-refractivity contribution is 7.09. The second-order valence-electron chi connectivity index (χ2n) is 4.54. The van der Waals surface area contributed by atoms with Gasteiger partial charge in [-0.2, -0.15) is 0 Å². The number of aryl methyl sites for hydroxylation is 1. The van der Waals surface area contributed by atoms with Gasteiger partial charge in [0.05, 0.1) is 22.8 Å². The van der Waals surface area contributed by atoms with Crippen LogP contribution in [0, 0.1) is 0 Å². The fourth-order valence-electron chi connectivity index (χ4n) is 1.90. The first kappa shape index (κ1) is 13.5. The van der Waals surface area contributed by atoms with Crippen LogP contribution in [0.25, 0.3) is 0 Å². The number of ether oxygens (including phenoxy) is 1. The van der Waals surface area contributed by atoms with Gasteiger partial charge < -0.3 is 15.8 Å². The van der Waals surface area contributed by atoms with Crippen LogP contribution < -0.4 is 11.1 Å². The molecular formula is C12H19N3O2S. The molecule has 100 valence electrons. The maximum Gasteiger partial charge on any atom is 0.240 e. The summed E-state index contributed by atoms with van der Waals surface area (Å²) >= 11 is 1.62. The zero-order valence-corrected chi connectivity index (χ0v) is 11.4. The Balaban J connectivity index is 1.87. The molecule has 18 heavy (non-hydrogen) atoms. The van der Waals surface area contributed by atoms with Gasteiger partial charge in [-0.25, -0.2) is 4.98 Å². The van der Waals surface area contributed by atoms with E-state index in [0.717, 1.165) is 17.1 Å². The molecule has 1 saturated heterocycles. The molecule has 0 bridgehead atoms. The summed E-state index contributed by atoms with van der Waals surface area (Å²) in [5.74, 6) is -0.100. The molecule has 1 aromatic heterocycles. The number of hydrogen-bond donors (Lipinski definition) is 2. The molecule has 1 aliphatic heterocycles. The predicted octanol–water partition coefficient (Wildman–Crippen LogP) is 0.830. The normalized spacial score (nSPS) is 18.6. The van der Waals surface area contributed by atoms with Crippen LogP contribution in [0.2, 0.25) is 0 Å². The van der Waals surface area contributed by atoms with E-state index in [0.29, 0.717) is 32.6 Å². The maximum absolute atomic E-state index is 12.1. The monoisotopic (exact) mass is 269 g/mol. The Bertz CT molecular complexity index is 413. The molecule has 5 nitrogen and oxygen atoms in total. The van der Waals surface area contributed by atoms with E-state index in [4.69, 9.17) is 10.5 Å². The van der Waals surface area contributed by atoms with Crippen LogP contribution in [0.15, 0.2) is 5.38 Å². The third-order valence-electron chi connectivity index (χ3n) is 3.17. The highest BCUT2D eigenvalue weighted by Crippen LogP contribution is 2.18. The molecule has 0 saturated carbocycles. The van der Waals surface area contributed by atoms with Crippen molar-refractivity contribution in [2.45, 2.75) is 38.3 Å². The molecule has 2 heterocycles. The molecule has 3 N–H and O–H groups in total. The third kappa shape index (κ3) is 3.07. The summed E-state index contributed by atoms with van der Waals surface area (Å²) < 4.78 is 5.23. The summed E-state index contributed by atoms with van der Waals surface area (Å²) in [6, 6.07) is 0. The molecule has 1 aromatic rings. The Labute approximate surface area is 111 Å². The number of rotatable bonds is 4. The number of carbonyl (C=O) groups is 1. The summed E-state index contributed by atoms with van der Waals surface area (Å²) in [5, 5.41) is 5.94. The first-order valence-corrected chi connectivity index (χ1v) is 7.10. The fraction of sp³-hybridized carbons (Fsp3) is 0.667. The topological polar surface area (TPSA) is 77.2 Å². The van der Waals surface area contributed by atoms with Crippen LogP contribution in [0.3, 0.4) is 0 Å². The van der Waals surface area contributed by atoms with Crippen LogP contribution in [0.5, 0.6) is 0 Å². The predicted molar refractivity (Wildman–Crippen MR) is 70.3 cm³/mol. The van der Waals surface area contributed by atoms with Gasteiger partial charge in [0.15, 0.2) is 0 Å². The van der Waals surface area contributed by atoms with E-state index in [2.05, 4.69) is 17.2 Å². The summed E-state index contributed by atoms with van der Waals surface area (Å²) in [7, 11) is 0. The zero-order chi connectivity index (χ0) is 13.0. The molecule has 0 aliphatic carbocycles. The van der Waals surface area contributed by atoms with Gasteiger partial charge in [-0.15, -0.1) is 11.3 Å². The Morgan fingerprint density at radius 3 is 2.94 bits per heavy atom. The average molecular weight is 269 g/mol. The van der Waals surface area contributed by atoms with Gasteiger partial charge in [-0.05, 0) is 19.3 Å². The number of nitrogens with two attached hydrogens (primary N) is 1. The quantitative estimate of drug-likeness (QED) is 0.848. The van der Waals surface area contributed by atoms with Crippen molar-refractivity contribution in [1.29, 1.82) is 0 Å². The second-order valence-corrected chi connectivity index (χ2v) is 5.48. The van der Waals surface area contributed by atoms with Gasteiger partial charge in [0.2, 0.25) is 5.91 Å². The van der Waals surface area contributed by atoms with Crippen molar-refractivity contribution >= 4 is 17.2 Å². The molecule has 6 heteroatoms. The lowest BCUT2D eigenvalue weighted by atomic mass is 9.90. The van der Waals surface area contributed by atoms with Crippen LogP contribution in [-0.4, -0.2) is 29.6 Å². The van der Waals surface area contributed by atoms with E-state index in [1.54, 1.807) is 11.3 Å². The second kappa shape index (κ2) is 5.77. The highest BCUT2D eigenvalue weighted by atomic mass is 32.1. The van der Waals surface area contributed by atoms with Crippen molar-refractivity contribution in [1.82, 2.24) is 10.3 Å². The standard InChI is InChI=1S/C12H19N3O2S/c1-2-10-15-9(8-18-10)7-14-11(16)12(13)3-5-17-6-4-12/h8H,2-7,13H2,1H3,(H,14,16). The Morgan fingerprint density at radius 1 is 1.61 bits per heavy atom. The summed E-state index contributed by atoms with van der Waals surface area (Å²) in [4.78, 5) is 16.5. The number of nitrogens with zero attached hydrogens (tertiary/aromatic N) is 1. The smallest absolute Gasteiger partial charge is 0.240 e. The van der Waals surface area contributed by atoms with Gasteiger partial charge >= 0.3 is 0 Å². The molecular weight excluding hydrogens is 250 g/mol. The molecule has 1 amide bonds. The minimum atomic E-state index is -0.776. The van der Waals surface area contributed by atoms with Crippen LogP contribution in [0.1, 0.15) is 30.5 Å². The maximum atomic E-state index is 12.1.